The SMILES string of the molecule is C=CCOC(=O)N1CCC2(CC1)CCN(C(=O)[C@@H](N)[C@@H](C)OCC13CCC(CC1)OC3)CC2. The first-order chi connectivity index (χ1) is 15.9. The standard InChI is InChI=1S/C25H41N3O5/c1-3-16-31-23(30)28-14-10-24(11-15-28)8-12-27(13-9-24)22(29)21(26)19(2)32-17-25-6-4-20(5-7-25)33-18-25/h3,19-21H,1,4-18,26H2,2H3/t19-,20?,21+,25?/m1/s1. The summed E-state index contributed by atoms with van der Waals surface area (Å²) in [5, 5.41) is 0. The molecule has 0 aromatic rings. The van der Waals surface area contributed by atoms with Crippen LogP contribution in [0.25, 0.3) is 0 Å². The lowest BCUT2D eigenvalue weighted by molar-refractivity contribution is -0.155. The lowest BCUT2D eigenvalue weighted by Gasteiger charge is -2.47. The van der Waals surface area contributed by atoms with Crippen molar-refractivity contribution in [2.24, 2.45) is 16.6 Å². The normalized spacial score (nSPS) is 30.7. The summed E-state index contributed by atoms with van der Waals surface area (Å²) in [6, 6.07) is -0.641. The third-order valence-electron chi connectivity index (χ3n) is 8.60. The van der Waals surface area contributed by atoms with Gasteiger partial charge in [-0.3, -0.25) is 4.79 Å². The number of carbonyl (C=O) groups excluding carboxylic acids is 2. The van der Waals surface area contributed by atoms with Gasteiger partial charge in [0.2, 0.25) is 5.91 Å². The molecule has 2 amide bonds. The summed E-state index contributed by atoms with van der Waals surface area (Å²) in [5.41, 5.74) is 6.66. The average Bonchev–Trinajstić information content (AvgIpc) is 2.87. The summed E-state index contributed by atoms with van der Waals surface area (Å²) in [7, 11) is 0. The molecule has 0 unspecified atom stereocenters. The molecule has 4 heterocycles. The zero-order valence-corrected chi connectivity index (χ0v) is 20.1. The van der Waals surface area contributed by atoms with Gasteiger partial charge in [0.05, 0.1) is 25.4 Å². The number of nitrogens with zero attached hydrogens (tertiary/aromatic N) is 2. The van der Waals surface area contributed by atoms with Crippen molar-refractivity contribution in [3.8, 4) is 0 Å². The topological polar surface area (TPSA) is 94.3 Å². The van der Waals surface area contributed by atoms with Crippen LogP contribution in [0.3, 0.4) is 0 Å². The predicted octanol–water partition coefficient (Wildman–Crippen LogP) is 2.71. The van der Waals surface area contributed by atoms with Crippen molar-refractivity contribution < 1.29 is 23.8 Å². The Balaban J connectivity index is 1.20. The number of piperidine rings is 2. The van der Waals surface area contributed by atoms with E-state index >= 15 is 0 Å². The van der Waals surface area contributed by atoms with E-state index in [2.05, 4.69) is 6.58 Å². The minimum atomic E-state index is -0.641. The Hall–Kier alpha value is -1.64. The summed E-state index contributed by atoms with van der Waals surface area (Å²) < 4.78 is 17.2. The van der Waals surface area contributed by atoms with Gasteiger partial charge in [0, 0.05) is 31.6 Å². The Kier molecular flexibility index (Phi) is 7.66. The Morgan fingerprint density at radius 3 is 2.24 bits per heavy atom. The summed E-state index contributed by atoms with van der Waals surface area (Å²) in [6.45, 7) is 10.00. The van der Waals surface area contributed by atoms with Crippen molar-refractivity contribution in [1.82, 2.24) is 9.80 Å². The van der Waals surface area contributed by atoms with Crippen LogP contribution in [0.5, 0.6) is 0 Å². The number of nitrogens with two attached hydrogens (primary N) is 1. The van der Waals surface area contributed by atoms with Gasteiger partial charge in [-0.2, -0.15) is 0 Å². The van der Waals surface area contributed by atoms with Gasteiger partial charge in [-0.25, -0.2) is 4.79 Å². The van der Waals surface area contributed by atoms with Gasteiger partial charge in [0.1, 0.15) is 12.6 Å². The number of carbonyl (C=O) groups is 2. The van der Waals surface area contributed by atoms with Gasteiger partial charge in [-0.1, -0.05) is 12.7 Å². The molecule has 186 valence electrons. The lowest BCUT2D eigenvalue weighted by atomic mass is 9.71. The van der Waals surface area contributed by atoms with E-state index in [1.165, 1.54) is 0 Å². The van der Waals surface area contributed by atoms with E-state index in [0.29, 0.717) is 25.8 Å². The molecular weight excluding hydrogens is 422 g/mol. The van der Waals surface area contributed by atoms with Crippen molar-refractivity contribution in [3.05, 3.63) is 12.7 Å². The minimum absolute atomic E-state index is 0.0103. The number of ether oxygens (including phenoxy) is 3. The van der Waals surface area contributed by atoms with Gasteiger partial charge in [-0.15, -0.1) is 0 Å². The molecule has 1 saturated carbocycles. The van der Waals surface area contributed by atoms with Crippen molar-refractivity contribution in [2.75, 3.05) is 46.0 Å². The first kappa shape index (κ1) is 24.5. The van der Waals surface area contributed by atoms with Gasteiger partial charge in [0.15, 0.2) is 0 Å². The van der Waals surface area contributed by atoms with Crippen molar-refractivity contribution in [1.29, 1.82) is 0 Å². The van der Waals surface area contributed by atoms with E-state index in [9.17, 15) is 9.59 Å². The van der Waals surface area contributed by atoms with Crippen LogP contribution in [0, 0.1) is 10.8 Å². The Bertz CT molecular complexity index is 689. The Morgan fingerprint density at radius 2 is 1.70 bits per heavy atom. The number of fused-ring (bicyclic) bond motifs is 3. The molecule has 0 radical (unpaired) electrons. The maximum atomic E-state index is 13.1. The monoisotopic (exact) mass is 463 g/mol. The fourth-order valence-corrected chi connectivity index (χ4v) is 5.91. The second kappa shape index (κ2) is 10.3. The summed E-state index contributed by atoms with van der Waals surface area (Å²) in [4.78, 5) is 28.8. The van der Waals surface area contributed by atoms with Crippen molar-refractivity contribution >= 4 is 12.0 Å². The van der Waals surface area contributed by atoms with Crippen LogP contribution in [-0.4, -0.2) is 86.0 Å². The van der Waals surface area contributed by atoms with Crippen LogP contribution < -0.4 is 5.73 Å². The molecule has 5 rings (SSSR count). The summed E-state index contributed by atoms with van der Waals surface area (Å²) >= 11 is 0. The maximum Gasteiger partial charge on any atom is 0.410 e. The molecule has 5 fully saturated rings. The number of rotatable bonds is 7. The molecule has 2 bridgehead atoms. The predicted molar refractivity (Wildman–Crippen MR) is 125 cm³/mol. The molecular formula is C25H41N3O5. The molecule has 8 nitrogen and oxygen atoms in total. The second-order valence-corrected chi connectivity index (χ2v) is 10.7. The van der Waals surface area contributed by atoms with E-state index in [0.717, 1.165) is 71.1 Å². The largest absolute Gasteiger partial charge is 0.445 e. The highest BCUT2D eigenvalue weighted by molar-refractivity contribution is 5.82. The molecule has 2 atom stereocenters. The molecule has 0 aromatic carbocycles. The average molecular weight is 464 g/mol. The number of hydrogen-bond donors (Lipinski definition) is 1. The first-order valence-corrected chi connectivity index (χ1v) is 12.7. The lowest BCUT2D eigenvalue weighted by Crippen LogP contribution is -2.55. The van der Waals surface area contributed by atoms with Crippen LogP contribution in [-0.2, 0) is 19.0 Å². The molecule has 2 N–H and O–H groups in total. The van der Waals surface area contributed by atoms with Crippen LogP contribution in [0.15, 0.2) is 12.7 Å². The Labute approximate surface area is 197 Å². The van der Waals surface area contributed by atoms with E-state index < -0.39 is 6.04 Å². The molecule has 1 aliphatic carbocycles. The van der Waals surface area contributed by atoms with Crippen molar-refractivity contribution in [2.45, 2.75) is 76.5 Å². The Morgan fingerprint density at radius 1 is 1.09 bits per heavy atom. The molecule has 4 aliphatic heterocycles. The third kappa shape index (κ3) is 5.54. The van der Waals surface area contributed by atoms with Gasteiger partial charge in [0.25, 0.3) is 0 Å². The minimum Gasteiger partial charge on any atom is -0.445 e. The van der Waals surface area contributed by atoms with E-state index in [4.69, 9.17) is 19.9 Å². The fraction of sp³-hybridized carbons (Fsp3) is 0.840. The second-order valence-electron chi connectivity index (χ2n) is 10.7. The molecule has 1 spiro atoms. The summed E-state index contributed by atoms with van der Waals surface area (Å²) in [6.07, 6.45) is 9.79. The highest BCUT2D eigenvalue weighted by atomic mass is 16.6. The first-order valence-electron chi connectivity index (χ1n) is 12.7. The molecule has 0 aromatic heterocycles. The number of amides is 2. The molecule has 5 aliphatic rings. The third-order valence-corrected chi connectivity index (χ3v) is 8.60. The fourth-order valence-electron chi connectivity index (χ4n) is 5.91. The van der Waals surface area contributed by atoms with E-state index in [-0.39, 0.29) is 35.5 Å². The maximum absolute atomic E-state index is 13.1. The zero-order valence-electron chi connectivity index (χ0n) is 20.1. The van der Waals surface area contributed by atoms with Crippen LogP contribution in [0.2, 0.25) is 0 Å². The number of hydrogen-bond acceptors (Lipinski definition) is 6. The van der Waals surface area contributed by atoms with Crippen molar-refractivity contribution in [3.63, 3.8) is 0 Å². The van der Waals surface area contributed by atoms with Gasteiger partial charge < -0.3 is 29.7 Å². The molecule has 4 saturated heterocycles. The van der Waals surface area contributed by atoms with Crippen LogP contribution in [0.1, 0.15) is 58.3 Å². The van der Waals surface area contributed by atoms with Crippen LogP contribution >= 0.6 is 0 Å². The smallest absolute Gasteiger partial charge is 0.410 e. The van der Waals surface area contributed by atoms with Gasteiger partial charge in [-0.05, 0) is 63.7 Å². The van der Waals surface area contributed by atoms with Gasteiger partial charge >= 0.3 is 6.09 Å². The van der Waals surface area contributed by atoms with E-state index in [1.54, 1.807) is 11.0 Å². The zero-order chi connectivity index (χ0) is 23.5. The quantitative estimate of drug-likeness (QED) is 0.584. The van der Waals surface area contributed by atoms with E-state index in [1.807, 2.05) is 11.8 Å². The molecule has 33 heavy (non-hydrogen) atoms. The highest BCUT2D eigenvalue weighted by Gasteiger charge is 2.43. The number of likely N-dealkylation sites (tertiary alicyclic amines) is 2. The highest BCUT2D eigenvalue weighted by Crippen LogP contribution is 2.44. The molecule has 8 heteroatoms. The summed E-state index contributed by atoms with van der Waals surface area (Å²) in [5.74, 6) is -0.0103. The van der Waals surface area contributed by atoms with Crippen LogP contribution in [0.4, 0.5) is 4.79 Å².